The van der Waals surface area contributed by atoms with Crippen LogP contribution in [-0.2, 0) is 13.0 Å². The van der Waals surface area contributed by atoms with E-state index in [0.717, 1.165) is 40.1 Å². The van der Waals surface area contributed by atoms with Crippen molar-refractivity contribution >= 4 is 16.7 Å². The Morgan fingerprint density at radius 2 is 2.00 bits per heavy atom. The molecule has 4 aromatic rings. The number of ether oxygens (including phenoxy) is 1. The van der Waals surface area contributed by atoms with E-state index in [4.69, 9.17) is 14.1 Å². The van der Waals surface area contributed by atoms with Crippen molar-refractivity contribution in [2.45, 2.75) is 60.5 Å². The smallest absolute Gasteiger partial charge is 0.222 e. The normalized spacial score (nSPS) is 11.5. The van der Waals surface area contributed by atoms with Gasteiger partial charge >= 0.3 is 0 Å². The fraction of sp³-hybridized carbons (Fsp3) is 0.400. The second kappa shape index (κ2) is 9.02. The predicted octanol–water partition coefficient (Wildman–Crippen LogP) is 5.86. The molecule has 32 heavy (non-hydrogen) atoms. The minimum absolute atomic E-state index is 0.302. The fourth-order valence-corrected chi connectivity index (χ4v) is 4.27. The minimum atomic E-state index is 0.302. The number of oxazole rings is 1. The zero-order valence-electron chi connectivity index (χ0n) is 19.7. The van der Waals surface area contributed by atoms with E-state index in [0.29, 0.717) is 31.0 Å². The Labute approximate surface area is 188 Å². The average Bonchev–Trinajstić information content (AvgIpc) is 3.33. The van der Waals surface area contributed by atoms with E-state index >= 15 is 0 Å². The summed E-state index contributed by atoms with van der Waals surface area (Å²) in [6.07, 6.45) is 4.35. The third-order valence-corrected chi connectivity index (χ3v) is 5.59. The molecule has 4 heterocycles. The molecule has 7 nitrogen and oxygen atoms in total. The maximum atomic E-state index is 5.79. The Balaban J connectivity index is 1.93. The van der Waals surface area contributed by atoms with E-state index in [1.54, 1.807) is 12.5 Å². The van der Waals surface area contributed by atoms with E-state index in [2.05, 4.69) is 53.6 Å². The number of aryl methyl sites for hydroxylation is 2. The van der Waals surface area contributed by atoms with Crippen molar-refractivity contribution in [3.05, 3.63) is 53.5 Å². The number of nitrogens with one attached hydrogen (secondary N) is 1. The third kappa shape index (κ3) is 3.95. The van der Waals surface area contributed by atoms with Gasteiger partial charge in [0.1, 0.15) is 6.26 Å². The molecule has 0 amide bonds. The van der Waals surface area contributed by atoms with Crippen LogP contribution in [0.5, 0.6) is 5.88 Å². The summed E-state index contributed by atoms with van der Waals surface area (Å²) in [7, 11) is 0. The van der Waals surface area contributed by atoms with E-state index in [9.17, 15) is 0 Å². The summed E-state index contributed by atoms with van der Waals surface area (Å²) in [4.78, 5) is 14.0. The first kappa shape index (κ1) is 21.9. The molecule has 0 saturated carbocycles. The predicted molar refractivity (Wildman–Crippen MR) is 127 cm³/mol. The first-order valence-electron chi connectivity index (χ1n) is 11.2. The number of hydrogen-bond acceptors (Lipinski definition) is 6. The highest BCUT2D eigenvalue weighted by Crippen LogP contribution is 2.37. The molecule has 0 aliphatic rings. The lowest BCUT2D eigenvalue weighted by Gasteiger charge is -2.17. The highest BCUT2D eigenvalue weighted by atomic mass is 16.5. The second-order valence-corrected chi connectivity index (χ2v) is 8.17. The van der Waals surface area contributed by atoms with Gasteiger partial charge in [0.25, 0.3) is 0 Å². The van der Waals surface area contributed by atoms with Crippen LogP contribution in [0.25, 0.3) is 22.3 Å². The van der Waals surface area contributed by atoms with Crippen molar-refractivity contribution in [2.75, 3.05) is 11.9 Å². The minimum Gasteiger partial charge on any atom is -0.477 e. The van der Waals surface area contributed by atoms with Gasteiger partial charge in [0.05, 0.1) is 46.8 Å². The monoisotopic (exact) mass is 433 g/mol. The molecule has 0 spiro atoms. The van der Waals surface area contributed by atoms with Crippen molar-refractivity contribution in [3.63, 3.8) is 0 Å². The SMILES string of the molecule is CCOc1ncccc1-c1cc(NCc2nc(C)co2)c2c(n1)c(C)c(CC)n2C(C)C. The van der Waals surface area contributed by atoms with Gasteiger partial charge in [0.15, 0.2) is 0 Å². The molecule has 0 aliphatic carbocycles. The summed E-state index contributed by atoms with van der Waals surface area (Å²) in [5, 5.41) is 3.56. The summed E-state index contributed by atoms with van der Waals surface area (Å²) in [5.74, 6) is 1.24. The van der Waals surface area contributed by atoms with Crippen LogP contribution < -0.4 is 10.1 Å². The highest BCUT2D eigenvalue weighted by molar-refractivity contribution is 5.95. The zero-order chi connectivity index (χ0) is 22.8. The van der Waals surface area contributed by atoms with Gasteiger partial charge in [-0.2, -0.15) is 0 Å². The maximum absolute atomic E-state index is 5.79. The second-order valence-electron chi connectivity index (χ2n) is 8.17. The number of nitrogens with zero attached hydrogens (tertiary/aromatic N) is 4. The fourth-order valence-electron chi connectivity index (χ4n) is 4.27. The molecule has 1 N–H and O–H groups in total. The van der Waals surface area contributed by atoms with Crippen LogP contribution in [0, 0.1) is 13.8 Å². The van der Waals surface area contributed by atoms with Gasteiger partial charge < -0.3 is 19.0 Å². The lowest BCUT2D eigenvalue weighted by molar-refractivity contribution is 0.328. The number of pyridine rings is 2. The topological polar surface area (TPSA) is 78.0 Å². The van der Waals surface area contributed by atoms with E-state index < -0.39 is 0 Å². The van der Waals surface area contributed by atoms with Crippen molar-refractivity contribution in [1.82, 2.24) is 19.5 Å². The van der Waals surface area contributed by atoms with E-state index in [1.165, 1.54) is 11.3 Å². The Bertz CT molecular complexity index is 1240. The molecule has 4 aromatic heterocycles. The van der Waals surface area contributed by atoms with Crippen LogP contribution in [0.4, 0.5) is 5.69 Å². The standard InChI is InChI=1S/C25H31N5O2/c1-7-21-17(6)23-24(30(21)15(3)4)20(27-13-22-28-16(5)14-32-22)12-19(29-23)18-10-9-11-26-25(18)31-8-2/h9-12,14-15H,7-8,13H2,1-6H3,(H,27,29). The van der Waals surface area contributed by atoms with Gasteiger partial charge in [-0.25, -0.2) is 15.0 Å². The van der Waals surface area contributed by atoms with E-state index in [-0.39, 0.29) is 0 Å². The quantitative estimate of drug-likeness (QED) is 0.375. The summed E-state index contributed by atoms with van der Waals surface area (Å²) >= 11 is 0. The molecule has 0 atom stereocenters. The molecule has 0 aliphatic heterocycles. The van der Waals surface area contributed by atoms with Crippen LogP contribution in [-0.4, -0.2) is 26.1 Å². The van der Waals surface area contributed by atoms with Gasteiger partial charge in [0.2, 0.25) is 11.8 Å². The van der Waals surface area contributed by atoms with Gasteiger partial charge in [0, 0.05) is 17.9 Å². The third-order valence-electron chi connectivity index (χ3n) is 5.59. The summed E-state index contributed by atoms with van der Waals surface area (Å²) in [5.41, 5.74) is 8.15. The molecular weight excluding hydrogens is 402 g/mol. The summed E-state index contributed by atoms with van der Waals surface area (Å²) in [6.45, 7) is 13.7. The highest BCUT2D eigenvalue weighted by Gasteiger charge is 2.22. The molecular formula is C25H31N5O2. The van der Waals surface area contributed by atoms with Crippen LogP contribution in [0.1, 0.15) is 56.6 Å². The van der Waals surface area contributed by atoms with Crippen LogP contribution in [0.15, 0.2) is 35.1 Å². The van der Waals surface area contributed by atoms with E-state index in [1.807, 2.05) is 26.0 Å². The first-order valence-corrected chi connectivity index (χ1v) is 11.2. The van der Waals surface area contributed by atoms with Crippen molar-refractivity contribution in [2.24, 2.45) is 0 Å². The summed E-state index contributed by atoms with van der Waals surface area (Å²) in [6, 6.07) is 6.30. The van der Waals surface area contributed by atoms with Gasteiger partial charge in [-0.05, 0) is 64.8 Å². The molecule has 168 valence electrons. The molecule has 0 radical (unpaired) electrons. The Kier molecular flexibility index (Phi) is 6.17. The Morgan fingerprint density at radius 3 is 2.66 bits per heavy atom. The Morgan fingerprint density at radius 1 is 1.19 bits per heavy atom. The first-order chi connectivity index (χ1) is 15.4. The molecule has 0 unspecified atom stereocenters. The lowest BCUT2D eigenvalue weighted by atomic mass is 10.1. The van der Waals surface area contributed by atoms with Gasteiger partial charge in [-0.15, -0.1) is 0 Å². The van der Waals surface area contributed by atoms with Crippen LogP contribution in [0.3, 0.4) is 0 Å². The molecule has 0 fully saturated rings. The molecule has 0 aromatic carbocycles. The number of anilines is 1. The van der Waals surface area contributed by atoms with Crippen LogP contribution in [0.2, 0.25) is 0 Å². The lowest BCUT2D eigenvalue weighted by Crippen LogP contribution is -2.08. The largest absolute Gasteiger partial charge is 0.477 e. The van der Waals surface area contributed by atoms with Crippen molar-refractivity contribution in [3.8, 4) is 17.1 Å². The molecule has 7 heteroatoms. The van der Waals surface area contributed by atoms with Gasteiger partial charge in [-0.3, -0.25) is 0 Å². The number of hydrogen-bond donors (Lipinski definition) is 1. The van der Waals surface area contributed by atoms with Gasteiger partial charge in [-0.1, -0.05) is 6.92 Å². The summed E-state index contributed by atoms with van der Waals surface area (Å²) < 4.78 is 13.7. The molecule has 4 rings (SSSR count). The maximum Gasteiger partial charge on any atom is 0.222 e. The van der Waals surface area contributed by atoms with Crippen molar-refractivity contribution < 1.29 is 9.15 Å². The molecule has 0 saturated heterocycles. The van der Waals surface area contributed by atoms with Crippen molar-refractivity contribution in [1.29, 1.82) is 0 Å². The molecule has 0 bridgehead atoms. The number of fused-ring (bicyclic) bond motifs is 1. The zero-order valence-corrected chi connectivity index (χ0v) is 19.7. The van der Waals surface area contributed by atoms with Crippen LogP contribution >= 0.6 is 0 Å². The average molecular weight is 434 g/mol. The number of aromatic nitrogens is 4. The number of rotatable bonds is 8. The Hall–Kier alpha value is -3.35.